The molecule has 9 nitrogen and oxygen atoms in total. The molecule has 1 aromatic heterocycles. The van der Waals surface area contributed by atoms with E-state index in [0.717, 1.165) is 50.0 Å². The Labute approximate surface area is 198 Å². The fourth-order valence-electron chi connectivity index (χ4n) is 5.08. The van der Waals surface area contributed by atoms with Crippen LogP contribution in [0.2, 0.25) is 0 Å². The van der Waals surface area contributed by atoms with Gasteiger partial charge in [-0.15, -0.1) is 5.10 Å². The van der Waals surface area contributed by atoms with Crippen molar-refractivity contribution in [3.8, 4) is 11.5 Å². The molecule has 2 aliphatic rings. The van der Waals surface area contributed by atoms with E-state index in [0.29, 0.717) is 24.0 Å². The third-order valence-corrected chi connectivity index (χ3v) is 6.82. The van der Waals surface area contributed by atoms with E-state index in [1.165, 1.54) is 12.8 Å². The van der Waals surface area contributed by atoms with Gasteiger partial charge in [0.25, 0.3) is 5.69 Å². The molecule has 3 atom stereocenters. The third-order valence-electron chi connectivity index (χ3n) is 6.82. The molecule has 9 heteroatoms. The van der Waals surface area contributed by atoms with Crippen LogP contribution in [0.5, 0.6) is 0 Å². The van der Waals surface area contributed by atoms with Gasteiger partial charge >= 0.3 is 6.01 Å². The van der Waals surface area contributed by atoms with Crippen molar-refractivity contribution in [1.82, 2.24) is 15.5 Å². The van der Waals surface area contributed by atoms with Crippen LogP contribution in [0.25, 0.3) is 11.5 Å². The van der Waals surface area contributed by atoms with Gasteiger partial charge in [0.05, 0.1) is 4.92 Å². The lowest BCUT2D eigenvalue weighted by Gasteiger charge is -2.40. The molecule has 178 valence electrons. The number of anilines is 2. The second-order valence-corrected chi connectivity index (χ2v) is 9.15. The summed E-state index contributed by atoms with van der Waals surface area (Å²) in [5.41, 5.74) is 2.08. The first-order valence-corrected chi connectivity index (χ1v) is 12.1. The van der Waals surface area contributed by atoms with E-state index in [9.17, 15) is 10.1 Å². The number of nitrogens with one attached hydrogen (secondary N) is 2. The Bertz CT molecular complexity index is 1090. The topological polar surface area (TPSA) is 109 Å². The molecule has 0 radical (unpaired) electrons. The number of benzene rings is 2. The number of nitro groups is 1. The van der Waals surface area contributed by atoms with Gasteiger partial charge in [-0.2, -0.15) is 0 Å². The molecule has 2 heterocycles. The van der Waals surface area contributed by atoms with Crippen LogP contribution < -0.4 is 15.5 Å². The summed E-state index contributed by atoms with van der Waals surface area (Å²) in [6.45, 7) is 1.85. The Balaban J connectivity index is 1.21. The molecule has 0 bridgehead atoms. The van der Waals surface area contributed by atoms with Crippen LogP contribution in [0.1, 0.15) is 38.5 Å². The van der Waals surface area contributed by atoms with Crippen molar-refractivity contribution >= 4 is 17.4 Å². The van der Waals surface area contributed by atoms with Gasteiger partial charge in [-0.05, 0) is 49.9 Å². The number of rotatable bonds is 7. The third kappa shape index (κ3) is 5.20. The van der Waals surface area contributed by atoms with E-state index in [1.807, 2.05) is 42.5 Å². The Morgan fingerprint density at radius 2 is 1.71 bits per heavy atom. The summed E-state index contributed by atoms with van der Waals surface area (Å²) in [5.74, 6) is 0.523. The minimum atomic E-state index is -0.354. The Morgan fingerprint density at radius 3 is 2.47 bits per heavy atom. The number of hydrogen-bond donors (Lipinski definition) is 2. The lowest BCUT2D eigenvalue weighted by atomic mass is 9.89. The van der Waals surface area contributed by atoms with E-state index in [1.54, 1.807) is 12.1 Å². The Hall–Kier alpha value is -3.46. The average Bonchev–Trinajstić information content (AvgIpc) is 3.35. The summed E-state index contributed by atoms with van der Waals surface area (Å²) in [7, 11) is 0. The van der Waals surface area contributed by atoms with Crippen molar-refractivity contribution in [2.45, 2.75) is 56.7 Å². The molecule has 1 saturated carbocycles. The fraction of sp³-hybridized carbons (Fsp3) is 0.440. The molecular formula is C25H30N6O3. The van der Waals surface area contributed by atoms with Crippen LogP contribution in [0, 0.1) is 10.1 Å². The molecule has 1 aliphatic carbocycles. The highest BCUT2D eigenvalue weighted by molar-refractivity contribution is 5.53. The lowest BCUT2D eigenvalue weighted by Crippen LogP contribution is -2.54. The quantitative estimate of drug-likeness (QED) is 0.386. The largest absolute Gasteiger partial charge is 0.403 e. The summed E-state index contributed by atoms with van der Waals surface area (Å²) in [6.07, 6.45) is 6.74. The smallest absolute Gasteiger partial charge is 0.316 e. The van der Waals surface area contributed by atoms with Crippen LogP contribution in [0.3, 0.4) is 0 Å². The van der Waals surface area contributed by atoms with Gasteiger partial charge in [0.15, 0.2) is 0 Å². The Kier molecular flexibility index (Phi) is 6.71. The zero-order chi connectivity index (χ0) is 23.3. The SMILES string of the molecule is O=[N+]([O-])c1ccc(N2CCC[C@H](N[C@@H]3CCCC[C@H]3Nc3nnc(-c4ccccc4)o3)C2)cc1. The first-order chi connectivity index (χ1) is 16.7. The standard InChI is InChI=1S/C25H30N6O3/c32-31(33)21-14-12-20(13-15-21)30-16-6-9-19(17-30)26-22-10-4-5-11-23(22)27-25-29-28-24(34-25)18-7-2-1-3-8-18/h1-3,7-8,12-15,19,22-23,26H,4-6,9-11,16-17H2,(H,27,29)/t19-,22+,23+/m0/s1. The van der Waals surface area contributed by atoms with Crippen molar-refractivity contribution < 1.29 is 9.34 Å². The van der Waals surface area contributed by atoms with Crippen LogP contribution in [-0.4, -0.2) is 46.3 Å². The van der Waals surface area contributed by atoms with E-state index < -0.39 is 0 Å². The van der Waals surface area contributed by atoms with Crippen LogP contribution in [-0.2, 0) is 0 Å². The van der Waals surface area contributed by atoms with Gasteiger partial charge in [-0.25, -0.2) is 0 Å². The highest BCUT2D eigenvalue weighted by atomic mass is 16.6. The van der Waals surface area contributed by atoms with Crippen molar-refractivity contribution in [3.05, 3.63) is 64.7 Å². The van der Waals surface area contributed by atoms with Crippen molar-refractivity contribution in [3.63, 3.8) is 0 Å². The summed E-state index contributed by atoms with van der Waals surface area (Å²) in [4.78, 5) is 12.9. The fourth-order valence-corrected chi connectivity index (χ4v) is 5.08. The van der Waals surface area contributed by atoms with Gasteiger partial charge in [-0.3, -0.25) is 10.1 Å². The maximum absolute atomic E-state index is 11.0. The molecule has 0 unspecified atom stereocenters. The lowest BCUT2D eigenvalue weighted by molar-refractivity contribution is -0.384. The molecule has 0 spiro atoms. The first-order valence-electron chi connectivity index (χ1n) is 12.1. The summed E-state index contributed by atoms with van der Waals surface area (Å²) in [6, 6.07) is 18.0. The molecule has 2 N–H and O–H groups in total. The number of nitrogens with zero attached hydrogens (tertiary/aromatic N) is 4. The number of nitro benzene ring substituents is 1. The summed E-state index contributed by atoms with van der Waals surface area (Å²) in [5, 5.41) is 26.8. The second-order valence-electron chi connectivity index (χ2n) is 9.15. The van der Waals surface area contributed by atoms with Crippen LogP contribution >= 0.6 is 0 Å². The number of hydrogen-bond acceptors (Lipinski definition) is 8. The van der Waals surface area contributed by atoms with E-state index in [2.05, 4.69) is 25.7 Å². The summed E-state index contributed by atoms with van der Waals surface area (Å²) < 4.78 is 5.89. The van der Waals surface area contributed by atoms with Gasteiger partial charge in [0.2, 0.25) is 5.89 Å². The van der Waals surface area contributed by atoms with E-state index in [-0.39, 0.29) is 16.7 Å². The molecule has 1 saturated heterocycles. The second kappa shape index (κ2) is 10.2. The molecule has 2 aromatic carbocycles. The maximum atomic E-state index is 11.0. The van der Waals surface area contributed by atoms with E-state index >= 15 is 0 Å². The van der Waals surface area contributed by atoms with Gasteiger partial charge in [0.1, 0.15) is 0 Å². The number of non-ortho nitro benzene ring substituents is 1. The predicted molar refractivity (Wildman–Crippen MR) is 131 cm³/mol. The molecule has 1 aliphatic heterocycles. The highest BCUT2D eigenvalue weighted by Gasteiger charge is 2.30. The molecule has 0 amide bonds. The summed E-state index contributed by atoms with van der Waals surface area (Å²) >= 11 is 0. The zero-order valence-corrected chi connectivity index (χ0v) is 19.1. The maximum Gasteiger partial charge on any atom is 0.316 e. The Morgan fingerprint density at radius 1 is 0.941 bits per heavy atom. The minimum absolute atomic E-state index is 0.128. The minimum Gasteiger partial charge on any atom is -0.403 e. The van der Waals surface area contributed by atoms with Crippen LogP contribution in [0.4, 0.5) is 17.4 Å². The molecular weight excluding hydrogens is 432 g/mol. The number of piperidine rings is 1. The molecule has 34 heavy (non-hydrogen) atoms. The zero-order valence-electron chi connectivity index (χ0n) is 19.1. The molecule has 5 rings (SSSR count). The van der Waals surface area contributed by atoms with E-state index in [4.69, 9.17) is 4.42 Å². The van der Waals surface area contributed by atoms with Crippen LogP contribution in [0.15, 0.2) is 59.0 Å². The van der Waals surface area contributed by atoms with Crippen molar-refractivity contribution in [1.29, 1.82) is 0 Å². The molecule has 3 aromatic rings. The van der Waals surface area contributed by atoms with Gasteiger partial charge < -0.3 is 20.0 Å². The van der Waals surface area contributed by atoms with Crippen molar-refractivity contribution in [2.75, 3.05) is 23.3 Å². The predicted octanol–water partition coefficient (Wildman–Crippen LogP) is 4.63. The van der Waals surface area contributed by atoms with Gasteiger partial charge in [0, 0.05) is 54.6 Å². The molecule has 2 fully saturated rings. The monoisotopic (exact) mass is 462 g/mol. The normalized spacial score (nSPS) is 22.9. The number of aromatic nitrogens is 2. The highest BCUT2D eigenvalue weighted by Crippen LogP contribution is 2.27. The van der Waals surface area contributed by atoms with Gasteiger partial charge in [-0.1, -0.05) is 36.1 Å². The van der Waals surface area contributed by atoms with Crippen molar-refractivity contribution in [2.24, 2.45) is 0 Å². The first kappa shape index (κ1) is 22.3. The average molecular weight is 463 g/mol.